The van der Waals surface area contributed by atoms with Crippen molar-refractivity contribution < 1.29 is 19.4 Å². The Hall–Kier alpha value is -3.11. The number of aromatic nitrogens is 1. The van der Waals surface area contributed by atoms with Crippen LogP contribution in [-0.2, 0) is 13.1 Å². The number of pyridine rings is 1. The molecule has 2 fully saturated rings. The van der Waals surface area contributed by atoms with Gasteiger partial charge in [-0.3, -0.25) is 14.5 Å². The van der Waals surface area contributed by atoms with Crippen LogP contribution in [0.15, 0.2) is 41.3 Å². The van der Waals surface area contributed by atoms with Gasteiger partial charge < -0.3 is 25.4 Å². The van der Waals surface area contributed by atoms with E-state index < -0.39 is 5.82 Å². The smallest absolute Gasteiger partial charge is 0.258 e. The largest absolute Gasteiger partial charge is 0.396 e. The van der Waals surface area contributed by atoms with E-state index in [2.05, 4.69) is 15.5 Å². The molecular weight excluding hydrogens is 487 g/mol. The van der Waals surface area contributed by atoms with Crippen molar-refractivity contribution >= 4 is 16.7 Å². The first-order valence-corrected chi connectivity index (χ1v) is 13.3. The van der Waals surface area contributed by atoms with Crippen LogP contribution < -0.4 is 16.2 Å². The molecule has 9 heteroatoms. The number of nitrogens with one attached hydrogen (secondary N) is 2. The van der Waals surface area contributed by atoms with Crippen LogP contribution >= 0.6 is 0 Å². The van der Waals surface area contributed by atoms with Crippen molar-refractivity contribution in [2.24, 2.45) is 0 Å². The van der Waals surface area contributed by atoms with E-state index in [1.807, 2.05) is 12.3 Å². The summed E-state index contributed by atoms with van der Waals surface area (Å²) in [5, 5.41) is 26.5. The van der Waals surface area contributed by atoms with Crippen LogP contribution in [0.4, 0.5) is 4.39 Å². The quantitative estimate of drug-likeness (QED) is 0.343. The highest BCUT2D eigenvalue weighted by atomic mass is 19.1. The monoisotopic (exact) mass is 522 g/mol. The van der Waals surface area contributed by atoms with E-state index in [1.54, 1.807) is 29.7 Å². The molecule has 2 aliphatic rings. The molecule has 0 spiro atoms. The number of carbonyl (C=O) groups excluding carboxylic acids is 1. The number of amides is 1. The van der Waals surface area contributed by atoms with Gasteiger partial charge in [-0.15, -0.1) is 0 Å². The predicted octanol–water partition coefficient (Wildman–Crippen LogP) is 2.16. The minimum Gasteiger partial charge on any atom is -0.396 e. The molecule has 2 aromatic carbocycles. The molecule has 1 amide bonds. The topological polar surface area (TPSA) is 107 Å². The molecule has 1 aliphatic carbocycles. The Morgan fingerprint density at radius 3 is 2.74 bits per heavy atom. The third-order valence-corrected chi connectivity index (χ3v) is 7.51. The molecule has 1 aromatic heterocycles. The van der Waals surface area contributed by atoms with E-state index in [0.717, 1.165) is 42.4 Å². The molecule has 0 unspecified atom stereocenters. The molecule has 1 atom stereocenters. The first-order chi connectivity index (χ1) is 18.4. The average Bonchev–Trinajstić information content (AvgIpc) is 3.74. The van der Waals surface area contributed by atoms with Gasteiger partial charge in [0.1, 0.15) is 5.82 Å². The first-order valence-electron chi connectivity index (χ1n) is 13.3. The second-order valence-electron chi connectivity index (χ2n) is 10.4. The van der Waals surface area contributed by atoms with Crippen molar-refractivity contribution in [1.29, 1.82) is 0 Å². The number of aliphatic hydroxyl groups excluding tert-OH is 2. The molecule has 0 bridgehead atoms. The Morgan fingerprint density at radius 1 is 1.18 bits per heavy atom. The third-order valence-electron chi connectivity index (χ3n) is 7.51. The summed E-state index contributed by atoms with van der Waals surface area (Å²) < 4.78 is 16.6. The summed E-state index contributed by atoms with van der Waals surface area (Å²) in [6, 6.07) is 8.66. The van der Waals surface area contributed by atoms with Gasteiger partial charge in [-0.1, -0.05) is 6.07 Å². The lowest BCUT2D eigenvalue weighted by atomic mass is 9.94. The Morgan fingerprint density at radius 2 is 2.00 bits per heavy atom. The summed E-state index contributed by atoms with van der Waals surface area (Å²) in [6.07, 6.45) is 4.22. The predicted molar refractivity (Wildman–Crippen MR) is 145 cm³/mol. The van der Waals surface area contributed by atoms with Crippen molar-refractivity contribution in [3.8, 4) is 11.1 Å². The van der Waals surface area contributed by atoms with Gasteiger partial charge in [-0.2, -0.15) is 0 Å². The van der Waals surface area contributed by atoms with Crippen LogP contribution in [0.25, 0.3) is 21.9 Å². The van der Waals surface area contributed by atoms with Crippen LogP contribution in [0.5, 0.6) is 0 Å². The Labute approximate surface area is 221 Å². The van der Waals surface area contributed by atoms with Gasteiger partial charge in [0, 0.05) is 68.6 Å². The number of benzene rings is 2. The van der Waals surface area contributed by atoms with Crippen molar-refractivity contribution in [1.82, 2.24) is 20.1 Å². The number of piperazine rings is 1. The van der Waals surface area contributed by atoms with E-state index in [-0.39, 0.29) is 42.3 Å². The van der Waals surface area contributed by atoms with Gasteiger partial charge in [-0.05, 0) is 78.1 Å². The molecule has 1 saturated heterocycles. The second-order valence-corrected chi connectivity index (χ2v) is 10.4. The van der Waals surface area contributed by atoms with Crippen LogP contribution in [0, 0.1) is 12.7 Å². The minimum absolute atomic E-state index is 0.00969. The Balaban J connectivity index is 1.58. The molecule has 1 saturated carbocycles. The van der Waals surface area contributed by atoms with Gasteiger partial charge in [-0.25, -0.2) is 4.39 Å². The zero-order valence-corrected chi connectivity index (χ0v) is 21.7. The number of rotatable bonds is 9. The standard InChI is InChI=1S/C29H35FN4O4/c1-18-25(12-20(13-27(18)30)28(37)32-22-4-5-22)19-3-6-24-26(11-19)21(15-34(29(24)38)8-2-10-35)14-33-9-7-31-23(16-33)17-36/h3,6,11-13,15,22-23,31,35-36H,2,4-5,7-10,14,16-17H2,1H3,(H,32,37)/t23-/m0/s1. The molecule has 202 valence electrons. The summed E-state index contributed by atoms with van der Waals surface area (Å²) in [5.41, 5.74) is 2.88. The number of hydrogen-bond donors (Lipinski definition) is 4. The molecule has 2 heterocycles. The Bertz CT molecular complexity index is 1400. The van der Waals surface area contributed by atoms with E-state index >= 15 is 0 Å². The zero-order valence-electron chi connectivity index (χ0n) is 21.7. The molecule has 8 nitrogen and oxygen atoms in total. The fourth-order valence-corrected chi connectivity index (χ4v) is 5.18. The number of nitrogens with zero attached hydrogens (tertiary/aromatic N) is 2. The summed E-state index contributed by atoms with van der Waals surface area (Å²) in [7, 11) is 0. The molecule has 3 aromatic rings. The van der Waals surface area contributed by atoms with Crippen LogP contribution in [0.2, 0.25) is 0 Å². The van der Waals surface area contributed by atoms with Gasteiger partial charge in [0.2, 0.25) is 0 Å². The SMILES string of the molecule is Cc1c(F)cc(C(=O)NC2CC2)cc1-c1ccc2c(=O)n(CCCO)cc(CN3CCN[C@H](CO)C3)c2c1. The maximum absolute atomic E-state index is 15.0. The minimum atomic E-state index is -0.445. The summed E-state index contributed by atoms with van der Waals surface area (Å²) in [5.74, 6) is -0.725. The lowest BCUT2D eigenvalue weighted by molar-refractivity contribution is 0.0950. The lowest BCUT2D eigenvalue weighted by Gasteiger charge is -2.33. The molecule has 5 rings (SSSR count). The van der Waals surface area contributed by atoms with Crippen LogP contribution in [0.3, 0.4) is 0 Å². The second kappa shape index (κ2) is 11.3. The van der Waals surface area contributed by atoms with Crippen molar-refractivity contribution in [3.63, 3.8) is 0 Å². The molecule has 38 heavy (non-hydrogen) atoms. The van der Waals surface area contributed by atoms with E-state index in [0.29, 0.717) is 42.6 Å². The van der Waals surface area contributed by atoms with Crippen LogP contribution in [0.1, 0.15) is 40.7 Å². The summed E-state index contributed by atoms with van der Waals surface area (Å²) in [4.78, 5) is 28.2. The number of aliphatic hydroxyl groups is 2. The summed E-state index contributed by atoms with van der Waals surface area (Å²) in [6.45, 7) is 4.95. The number of halogens is 1. The lowest BCUT2D eigenvalue weighted by Crippen LogP contribution is -2.51. The number of carbonyl (C=O) groups is 1. The highest BCUT2D eigenvalue weighted by molar-refractivity contribution is 5.97. The molecule has 0 radical (unpaired) electrons. The van der Waals surface area contributed by atoms with Crippen molar-refractivity contribution in [2.45, 2.75) is 51.4 Å². The van der Waals surface area contributed by atoms with E-state index in [4.69, 9.17) is 0 Å². The van der Waals surface area contributed by atoms with Crippen molar-refractivity contribution in [3.05, 3.63) is 69.4 Å². The van der Waals surface area contributed by atoms with E-state index in [1.165, 1.54) is 6.07 Å². The van der Waals surface area contributed by atoms with Gasteiger partial charge in [0.05, 0.1) is 6.61 Å². The Kier molecular flexibility index (Phi) is 7.90. The molecular formula is C29H35FN4O4. The molecule has 4 N–H and O–H groups in total. The highest BCUT2D eigenvalue weighted by Gasteiger charge is 2.25. The average molecular weight is 523 g/mol. The van der Waals surface area contributed by atoms with Gasteiger partial charge >= 0.3 is 0 Å². The normalized spacial score (nSPS) is 18.2. The maximum Gasteiger partial charge on any atom is 0.258 e. The third kappa shape index (κ3) is 5.66. The number of fused-ring (bicyclic) bond motifs is 1. The van der Waals surface area contributed by atoms with Crippen LogP contribution in [-0.4, -0.2) is 70.5 Å². The fourth-order valence-electron chi connectivity index (χ4n) is 5.18. The highest BCUT2D eigenvalue weighted by Crippen LogP contribution is 2.31. The zero-order chi connectivity index (χ0) is 26.8. The number of hydrogen-bond acceptors (Lipinski definition) is 6. The number of aryl methyl sites for hydroxylation is 1. The van der Waals surface area contributed by atoms with E-state index in [9.17, 15) is 24.2 Å². The van der Waals surface area contributed by atoms with Crippen molar-refractivity contribution in [2.75, 3.05) is 32.8 Å². The summed E-state index contributed by atoms with van der Waals surface area (Å²) >= 11 is 0. The maximum atomic E-state index is 15.0. The van der Waals surface area contributed by atoms with Gasteiger partial charge in [0.15, 0.2) is 0 Å². The first kappa shape index (κ1) is 26.5. The molecule has 1 aliphatic heterocycles. The van der Waals surface area contributed by atoms with Gasteiger partial charge in [0.25, 0.3) is 11.5 Å². The fraction of sp³-hybridized carbons (Fsp3) is 0.448.